The lowest BCUT2D eigenvalue weighted by Crippen LogP contribution is -2.15. The molecule has 126 valence electrons. The fourth-order valence-corrected chi connectivity index (χ4v) is 4.64. The minimum absolute atomic E-state index is 0.0561. The number of hydrogen-bond donors (Lipinski definition) is 1. The number of halogens is 4. The topological polar surface area (TPSA) is 62.8 Å². The summed E-state index contributed by atoms with van der Waals surface area (Å²) < 4.78 is 66.2. The standard InChI is InChI=1S/C15H10BrF3N2O2S/c1-8-2-4-9(5-3-8)24(22,23)13-10(15(17,18)19)6-20-14-12(13)11(16)7-21-14/h2-7H,1H3,(H,20,21). The third-order valence-electron chi connectivity index (χ3n) is 3.51. The van der Waals surface area contributed by atoms with Gasteiger partial charge in [0.15, 0.2) is 0 Å². The Balaban J connectivity index is 2.43. The molecule has 1 aromatic carbocycles. The Bertz CT molecular complexity index is 1030. The van der Waals surface area contributed by atoms with Crippen LogP contribution in [0, 0.1) is 6.92 Å². The van der Waals surface area contributed by atoms with Crippen LogP contribution in [0.5, 0.6) is 0 Å². The lowest BCUT2D eigenvalue weighted by molar-refractivity contribution is -0.139. The number of benzene rings is 1. The number of nitrogens with zero attached hydrogens (tertiary/aromatic N) is 1. The molecule has 0 bridgehead atoms. The number of aromatic nitrogens is 2. The summed E-state index contributed by atoms with van der Waals surface area (Å²) >= 11 is 3.09. The molecule has 0 fully saturated rings. The molecule has 0 amide bonds. The molecule has 3 rings (SSSR count). The molecule has 3 aromatic rings. The van der Waals surface area contributed by atoms with Crippen molar-refractivity contribution in [1.29, 1.82) is 0 Å². The van der Waals surface area contributed by atoms with Crippen LogP contribution in [-0.2, 0) is 16.0 Å². The van der Waals surface area contributed by atoms with E-state index in [2.05, 4.69) is 25.9 Å². The highest BCUT2D eigenvalue weighted by Crippen LogP contribution is 2.41. The number of hydrogen-bond acceptors (Lipinski definition) is 3. The molecule has 0 aliphatic heterocycles. The third-order valence-corrected chi connectivity index (χ3v) is 5.99. The Morgan fingerprint density at radius 1 is 1.17 bits per heavy atom. The first-order valence-electron chi connectivity index (χ1n) is 6.67. The monoisotopic (exact) mass is 418 g/mol. The highest BCUT2D eigenvalue weighted by atomic mass is 79.9. The van der Waals surface area contributed by atoms with Crippen LogP contribution in [0.4, 0.5) is 13.2 Å². The molecule has 0 aliphatic rings. The highest BCUT2D eigenvalue weighted by Gasteiger charge is 2.40. The number of sulfone groups is 1. The predicted molar refractivity (Wildman–Crippen MR) is 85.4 cm³/mol. The smallest absolute Gasteiger partial charge is 0.345 e. The van der Waals surface area contributed by atoms with Gasteiger partial charge < -0.3 is 4.98 Å². The first-order chi connectivity index (χ1) is 11.1. The summed E-state index contributed by atoms with van der Waals surface area (Å²) in [5.74, 6) is 0. The van der Waals surface area contributed by atoms with Gasteiger partial charge >= 0.3 is 6.18 Å². The van der Waals surface area contributed by atoms with Crippen molar-refractivity contribution in [1.82, 2.24) is 9.97 Å². The summed E-state index contributed by atoms with van der Waals surface area (Å²) in [7, 11) is -4.40. The zero-order chi connectivity index (χ0) is 17.7. The van der Waals surface area contributed by atoms with Gasteiger partial charge in [-0.05, 0) is 35.0 Å². The van der Waals surface area contributed by atoms with Crippen molar-refractivity contribution in [2.24, 2.45) is 0 Å². The van der Waals surface area contributed by atoms with Crippen LogP contribution in [-0.4, -0.2) is 18.4 Å². The molecule has 0 saturated carbocycles. The maximum Gasteiger partial charge on any atom is 0.419 e. The summed E-state index contributed by atoms with van der Waals surface area (Å²) in [4.78, 5) is 5.31. The van der Waals surface area contributed by atoms with Crippen molar-refractivity contribution in [2.45, 2.75) is 22.9 Å². The van der Waals surface area contributed by atoms with E-state index in [1.807, 2.05) is 0 Å². The molecular weight excluding hydrogens is 409 g/mol. The van der Waals surface area contributed by atoms with Crippen molar-refractivity contribution < 1.29 is 21.6 Å². The molecule has 0 aliphatic carbocycles. The van der Waals surface area contributed by atoms with Gasteiger partial charge in [0.05, 0.1) is 20.7 Å². The second-order valence-electron chi connectivity index (χ2n) is 5.18. The van der Waals surface area contributed by atoms with Gasteiger partial charge in [-0.3, -0.25) is 0 Å². The average molecular weight is 419 g/mol. The molecule has 4 nitrogen and oxygen atoms in total. The van der Waals surface area contributed by atoms with Gasteiger partial charge in [0, 0.05) is 16.9 Å². The first kappa shape index (κ1) is 17.0. The Labute approximate surface area is 143 Å². The van der Waals surface area contributed by atoms with E-state index in [1.54, 1.807) is 6.92 Å². The SMILES string of the molecule is Cc1ccc(S(=O)(=O)c2c(C(F)(F)F)cnc3[nH]cc(Br)c23)cc1. The number of pyridine rings is 1. The number of aryl methyl sites for hydroxylation is 1. The second-order valence-corrected chi connectivity index (χ2v) is 7.92. The van der Waals surface area contributed by atoms with Gasteiger partial charge in [0.1, 0.15) is 5.65 Å². The molecule has 0 spiro atoms. The third kappa shape index (κ3) is 2.71. The number of H-pyrrole nitrogens is 1. The zero-order valence-electron chi connectivity index (χ0n) is 12.1. The number of alkyl halides is 3. The number of rotatable bonds is 2. The van der Waals surface area contributed by atoms with E-state index in [4.69, 9.17) is 0 Å². The van der Waals surface area contributed by atoms with Gasteiger partial charge in [-0.2, -0.15) is 13.2 Å². The molecule has 9 heteroatoms. The lowest BCUT2D eigenvalue weighted by Gasteiger charge is -2.14. The Morgan fingerprint density at radius 3 is 2.38 bits per heavy atom. The van der Waals surface area contributed by atoms with Crippen LogP contribution in [0.25, 0.3) is 11.0 Å². The minimum Gasteiger partial charge on any atom is -0.345 e. The molecule has 0 saturated heterocycles. The normalized spacial score (nSPS) is 12.7. The van der Waals surface area contributed by atoms with Crippen LogP contribution in [0.15, 0.2) is 50.9 Å². The molecule has 0 atom stereocenters. The number of fused-ring (bicyclic) bond motifs is 1. The summed E-state index contributed by atoms with van der Waals surface area (Å²) in [5.41, 5.74) is -0.441. The maximum atomic E-state index is 13.4. The van der Waals surface area contributed by atoms with Crippen LogP contribution in [0.2, 0.25) is 0 Å². The van der Waals surface area contributed by atoms with E-state index in [-0.39, 0.29) is 20.4 Å². The zero-order valence-corrected chi connectivity index (χ0v) is 14.6. The van der Waals surface area contributed by atoms with E-state index < -0.39 is 26.5 Å². The Hall–Kier alpha value is -1.87. The van der Waals surface area contributed by atoms with Crippen LogP contribution < -0.4 is 0 Å². The summed E-state index contributed by atoms with van der Waals surface area (Å²) in [6.45, 7) is 1.75. The van der Waals surface area contributed by atoms with Gasteiger partial charge in [-0.15, -0.1) is 0 Å². The van der Waals surface area contributed by atoms with E-state index in [9.17, 15) is 21.6 Å². The molecular formula is C15H10BrF3N2O2S. The van der Waals surface area contributed by atoms with Gasteiger partial charge in [0.2, 0.25) is 9.84 Å². The highest BCUT2D eigenvalue weighted by molar-refractivity contribution is 9.10. The van der Waals surface area contributed by atoms with Crippen LogP contribution in [0.3, 0.4) is 0 Å². The molecule has 0 unspecified atom stereocenters. The molecule has 1 N–H and O–H groups in total. The molecule has 24 heavy (non-hydrogen) atoms. The second kappa shape index (κ2) is 5.59. The molecule has 2 heterocycles. The van der Waals surface area contributed by atoms with Crippen molar-refractivity contribution in [3.8, 4) is 0 Å². The number of aromatic amines is 1. The predicted octanol–water partition coefficient (Wildman–Crippen LogP) is 4.49. The van der Waals surface area contributed by atoms with Crippen molar-refractivity contribution >= 4 is 36.8 Å². The first-order valence-corrected chi connectivity index (χ1v) is 8.94. The Morgan fingerprint density at radius 2 is 1.79 bits per heavy atom. The van der Waals surface area contributed by atoms with Gasteiger partial charge in [-0.1, -0.05) is 17.7 Å². The van der Waals surface area contributed by atoms with Crippen LogP contribution >= 0.6 is 15.9 Å². The van der Waals surface area contributed by atoms with Crippen molar-refractivity contribution in [3.05, 3.63) is 52.3 Å². The average Bonchev–Trinajstić information content (AvgIpc) is 2.87. The van der Waals surface area contributed by atoms with E-state index in [1.165, 1.54) is 30.5 Å². The van der Waals surface area contributed by atoms with E-state index in [0.717, 1.165) is 5.56 Å². The van der Waals surface area contributed by atoms with Gasteiger partial charge in [0.25, 0.3) is 0 Å². The molecule has 0 radical (unpaired) electrons. The number of nitrogens with one attached hydrogen (secondary N) is 1. The van der Waals surface area contributed by atoms with Crippen LogP contribution in [0.1, 0.15) is 11.1 Å². The summed E-state index contributed by atoms with van der Waals surface area (Å²) in [5, 5.41) is -0.120. The fourth-order valence-electron chi connectivity index (χ4n) is 2.35. The fraction of sp³-hybridized carbons (Fsp3) is 0.133. The lowest BCUT2D eigenvalue weighted by atomic mass is 10.2. The minimum atomic E-state index is -4.86. The maximum absolute atomic E-state index is 13.4. The van der Waals surface area contributed by atoms with E-state index >= 15 is 0 Å². The van der Waals surface area contributed by atoms with Crippen molar-refractivity contribution in [3.63, 3.8) is 0 Å². The molecule has 2 aromatic heterocycles. The van der Waals surface area contributed by atoms with Gasteiger partial charge in [-0.25, -0.2) is 13.4 Å². The van der Waals surface area contributed by atoms with E-state index in [0.29, 0.717) is 6.20 Å². The largest absolute Gasteiger partial charge is 0.419 e. The summed E-state index contributed by atoms with van der Waals surface area (Å²) in [6.07, 6.45) is -2.97. The summed E-state index contributed by atoms with van der Waals surface area (Å²) in [6, 6.07) is 5.64. The quantitative estimate of drug-likeness (QED) is 0.666. The Kier molecular flexibility index (Phi) is 3.95. The van der Waals surface area contributed by atoms with Crippen molar-refractivity contribution in [2.75, 3.05) is 0 Å².